The van der Waals surface area contributed by atoms with E-state index in [1.54, 1.807) is 7.11 Å². The van der Waals surface area contributed by atoms with Gasteiger partial charge in [0.25, 0.3) is 0 Å². The first kappa shape index (κ1) is 17.8. The van der Waals surface area contributed by atoms with Crippen LogP contribution in [0.4, 0.5) is 0 Å². The van der Waals surface area contributed by atoms with Gasteiger partial charge in [0, 0.05) is 30.3 Å². The number of rotatable bonds is 9. The zero-order valence-corrected chi connectivity index (χ0v) is 13.7. The normalized spacial score (nSPS) is 11.5. The number of aliphatic hydroxyl groups excluding tert-OH is 1. The van der Waals surface area contributed by atoms with Gasteiger partial charge in [0.05, 0.1) is 13.7 Å². The summed E-state index contributed by atoms with van der Waals surface area (Å²) in [6.07, 6.45) is 2.76. The zero-order chi connectivity index (χ0) is 15.7. The third kappa shape index (κ3) is 7.34. The largest absolute Gasteiger partial charge is 0.497 e. The molecule has 0 radical (unpaired) electrons. The van der Waals surface area contributed by atoms with Gasteiger partial charge in [-0.3, -0.25) is 0 Å². The van der Waals surface area contributed by atoms with Crippen LogP contribution < -0.4 is 14.8 Å². The van der Waals surface area contributed by atoms with Crippen LogP contribution in [0.1, 0.15) is 45.6 Å². The van der Waals surface area contributed by atoms with E-state index in [1.165, 1.54) is 0 Å². The lowest BCUT2D eigenvalue weighted by Crippen LogP contribution is -2.35. The topological polar surface area (TPSA) is 50.7 Å². The van der Waals surface area contributed by atoms with Gasteiger partial charge < -0.3 is 19.9 Å². The summed E-state index contributed by atoms with van der Waals surface area (Å²) in [6, 6.07) is 5.94. The maximum atomic E-state index is 8.78. The Balaban J connectivity index is 2.63. The molecule has 1 rings (SSSR count). The van der Waals surface area contributed by atoms with E-state index in [4.69, 9.17) is 14.6 Å². The third-order valence-corrected chi connectivity index (χ3v) is 3.14. The van der Waals surface area contributed by atoms with E-state index in [2.05, 4.69) is 26.1 Å². The van der Waals surface area contributed by atoms with E-state index in [1.807, 2.05) is 18.2 Å². The molecule has 0 aliphatic heterocycles. The Kier molecular flexibility index (Phi) is 7.54. The number of ether oxygens (including phenoxy) is 2. The van der Waals surface area contributed by atoms with Gasteiger partial charge in [0.2, 0.25) is 0 Å². The minimum Gasteiger partial charge on any atom is -0.497 e. The van der Waals surface area contributed by atoms with Crippen LogP contribution in [0.2, 0.25) is 0 Å². The van der Waals surface area contributed by atoms with E-state index in [0.29, 0.717) is 6.61 Å². The van der Waals surface area contributed by atoms with Gasteiger partial charge in [0.1, 0.15) is 11.5 Å². The standard InChI is InChI=1S/C17H29NO3/c1-17(2,3)18-13-14-8-9-15(20-4)12-16(14)21-11-7-5-6-10-19/h8-9,12,18-19H,5-7,10-11,13H2,1-4H3. The van der Waals surface area contributed by atoms with E-state index >= 15 is 0 Å². The molecule has 0 fully saturated rings. The molecular weight excluding hydrogens is 266 g/mol. The molecule has 0 aliphatic rings. The maximum absolute atomic E-state index is 8.78. The fraction of sp³-hybridized carbons (Fsp3) is 0.647. The van der Waals surface area contributed by atoms with E-state index in [0.717, 1.165) is 42.9 Å². The lowest BCUT2D eigenvalue weighted by molar-refractivity contribution is 0.264. The van der Waals surface area contributed by atoms with E-state index < -0.39 is 0 Å². The molecule has 0 bridgehead atoms. The van der Waals surface area contributed by atoms with Crippen molar-refractivity contribution in [1.29, 1.82) is 0 Å². The molecule has 4 nitrogen and oxygen atoms in total. The number of aliphatic hydroxyl groups is 1. The first-order chi connectivity index (χ1) is 9.96. The second-order valence-electron chi connectivity index (χ2n) is 6.21. The van der Waals surface area contributed by atoms with Crippen molar-refractivity contribution < 1.29 is 14.6 Å². The summed E-state index contributed by atoms with van der Waals surface area (Å²) in [7, 11) is 1.66. The first-order valence-electron chi connectivity index (χ1n) is 7.62. The highest BCUT2D eigenvalue weighted by atomic mass is 16.5. The Hall–Kier alpha value is -1.26. The minimum absolute atomic E-state index is 0.0678. The zero-order valence-electron chi connectivity index (χ0n) is 13.7. The van der Waals surface area contributed by atoms with Crippen LogP contribution in [0.3, 0.4) is 0 Å². The number of hydrogen-bond donors (Lipinski definition) is 2. The van der Waals surface area contributed by atoms with Gasteiger partial charge in [-0.2, -0.15) is 0 Å². The monoisotopic (exact) mass is 295 g/mol. The highest BCUT2D eigenvalue weighted by Crippen LogP contribution is 2.25. The van der Waals surface area contributed by atoms with Crippen LogP contribution in [-0.4, -0.2) is 31.0 Å². The summed E-state index contributed by atoms with van der Waals surface area (Å²) < 4.78 is 11.2. The summed E-state index contributed by atoms with van der Waals surface area (Å²) in [6.45, 7) is 8.11. The molecule has 0 saturated heterocycles. The van der Waals surface area contributed by atoms with Crippen molar-refractivity contribution in [2.45, 2.75) is 52.1 Å². The summed E-state index contributed by atoms with van der Waals surface area (Å²) in [5, 5.41) is 12.2. The molecule has 2 N–H and O–H groups in total. The van der Waals surface area contributed by atoms with Crippen LogP contribution in [0.25, 0.3) is 0 Å². The summed E-state index contributed by atoms with van der Waals surface area (Å²) >= 11 is 0. The summed E-state index contributed by atoms with van der Waals surface area (Å²) in [4.78, 5) is 0. The number of methoxy groups -OCH3 is 1. The fourth-order valence-electron chi connectivity index (χ4n) is 1.88. The molecule has 0 spiro atoms. The van der Waals surface area contributed by atoms with Crippen LogP contribution in [0.15, 0.2) is 18.2 Å². The molecular formula is C17H29NO3. The number of benzene rings is 1. The Labute approximate surface area is 128 Å². The van der Waals surface area contributed by atoms with Crippen molar-refractivity contribution in [1.82, 2.24) is 5.32 Å². The van der Waals surface area contributed by atoms with Gasteiger partial charge in [-0.25, -0.2) is 0 Å². The van der Waals surface area contributed by atoms with Crippen molar-refractivity contribution in [3.8, 4) is 11.5 Å². The highest BCUT2D eigenvalue weighted by molar-refractivity contribution is 5.40. The molecule has 1 aromatic carbocycles. The number of nitrogens with one attached hydrogen (secondary N) is 1. The predicted octanol–water partition coefficient (Wildman–Crippen LogP) is 3.12. The molecule has 0 saturated carbocycles. The average molecular weight is 295 g/mol. The van der Waals surface area contributed by atoms with E-state index in [9.17, 15) is 0 Å². The van der Waals surface area contributed by atoms with Crippen molar-refractivity contribution in [2.75, 3.05) is 20.3 Å². The van der Waals surface area contributed by atoms with Crippen LogP contribution in [0.5, 0.6) is 11.5 Å². The van der Waals surface area contributed by atoms with Gasteiger partial charge in [0.15, 0.2) is 0 Å². The highest BCUT2D eigenvalue weighted by Gasteiger charge is 2.12. The predicted molar refractivity (Wildman–Crippen MR) is 86.0 cm³/mol. The quantitative estimate of drug-likeness (QED) is 0.687. The lowest BCUT2D eigenvalue weighted by Gasteiger charge is -2.22. The van der Waals surface area contributed by atoms with Crippen LogP contribution >= 0.6 is 0 Å². The Morgan fingerprint density at radius 2 is 1.90 bits per heavy atom. The molecule has 0 aromatic heterocycles. The Morgan fingerprint density at radius 1 is 1.14 bits per heavy atom. The van der Waals surface area contributed by atoms with Crippen molar-refractivity contribution in [2.24, 2.45) is 0 Å². The van der Waals surface area contributed by atoms with Gasteiger partial charge in [-0.1, -0.05) is 6.07 Å². The van der Waals surface area contributed by atoms with Crippen molar-refractivity contribution in [3.63, 3.8) is 0 Å². The van der Waals surface area contributed by atoms with Gasteiger partial charge in [-0.05, 0) is 46.1 Å². The molecule has 21 heavy (non-hydrogen) atoms. The molecule has 120 valence electrons. The maximum Gasteiger partial charge on any atom is 0.127 e. The molecule has 0 heterocycles. The second kappa shape index (κ2) is 8.90. The third-order valence-electron chi connectivity index (χ3n) is 3.14. The smallest absolute Gasteiger partial charge is 0.127 e. The van der Waals surface area contributed by atoms with Gasteiger partial charge in [-0.15, -0.1) is 0 Å². The Bertz CT molecular complexity index is 413. The Morgan fingerprint density at radius 3 is 2.52 bits per heavy atom. The van der Waals surface area contributed by atoms with Gasteiger partial charge >= 0.3 is 0 Å². The molecule has 0 unspecified atom stereocenters. The summed E-state index contributed by atoms with van der Waals surface area (Å²) in [5.41, 5.74) is 1.20. The van der Waals surface area contributed by atoms with Crippen molar-refractivity contribution >= 4 is 0 Å². The minimum atomic E-state index is 0.0678. The number of hydrogen-bond acceptors (Lipinski definition) is 4. The fourth-order valence-corrected chi connectivity index (χ4v) is 1.88. The second-order valence-corrected chi connectivity index (χ2v) is 6.21. The lowest BCUT2D eigenvalue weighted by atomic mass is 10.1. The average Bonchev–Trinajstić information content (AvgIpc) is 2.44. The van der Waals surface area contributed by atoms with Crippen LogP contribution in [0, 0.1) is 0 Å². The first-order valence-corrected chi connectivity index (χ1v) is 7.62. The van der Waals surface area contributed by atoms with Crippen LogP contribution in [-0.2, 0) is 6.54 Å². The van der Waals surface area contributed by atoms with E-state index in [-0.39, 0.29) is 12.1 Å². The SMILES string of the molecule is COc1ccc(CNC(C)(C)C)c(OCCCCCO)c1. The summed E-state index contributed by atoms with van der Waals surface area (Å²) in [5.74, 6) is 1.68. The molecule has 0 atom stereocenters. The molecule has 0 amide bonds. The molecule has 1 aromatic rings. The molecule has 0 aliphatic carbocycles. The molecule has 4 heteroatoms. The van der Waals surface area contributed by atoms with Crippen molar-refractivity contribution in [3.05, 3.63) is 23.8 Å². The number of unbranched alkanes of at least 4 members (excludes halogenated alkanes) is 2.